The molecule has 1 aromatic carbocycles. The number of phenols is 1. The van der Waals surface area contributed by atoms with Crippen LogP contribution in [0.1, 0.15) is 28.8 Å². The Morgan fingerprint density at radius 3 is 2.59 bits per heavy atom. The number of amides is 2. The van der Waals surface area contributed by atoms with Gasteiger partial charge in [0.05, 0.1) is 11.5 Å². The number of para-hydroxylation sites is 1. The second-order valence-corrected chi connectivity index (χ2v) is 5.62. The Morgan fingerprint density at radius 2 is 1.91 bits per heavy atom. The Labute approximate surface area is 133 Å². The molecular weight excluding hydrogens is 300 g/mol. The molecule has 1 atom stereocenters. The third kappa shape index (κ3) is 4.08. The van der Waals surface area contributed by atoms with Gasteiger partial charge in [0.25, 0.3) is 5.91 Å². The Hall–Kier alpha value is -2.34. The minimum absolute atomic E-state index is 0.0601. The average molecular weight is 318 g/mol. The molecule has 116 valence electrons. The molecule has 0 aliphatic heterocycles. The number of thiophene rings is 1. The minimum atomic E-state index is -0.363. The fourth-order valence-corrected chi connectivity index (χ4v) is 2.70. The zero-order chi connectivity index (χ0) is 15.9. The highest BCUT2D eigenvalue weighted by atomic mass is 32.1. The van der Waals surface area contributed by atoms with E-state index in [0.29, 0.717) is 13.1 Å². The molecule has 0 unspecified atom stereocenters. The lowest BCUT2D eigenvalue weighted by molar-refractivity contribution is -0.122. The van der Waals surface area contributed by atoms with Crippen LogP contribution in [0.25, 0.3) is 0 Å². The molecule has 0 saturated carbocycles. The van der Waals surface area contributed by atoms with Gasteiger partial charge in [0.2, 0.25) is 5.91 Å². The molecule has 2 rings (SSSR count). The average Bonchev–Trinajstić information content (AvgIpc) is 3.05. The normalized spacial score (nSPS) is 11.7. The largest absolute Gasteiger partial charge is 0.507 e. The highest BCUT2D eigenvalue weighted by Gasteiger charge is 2.15. The second-order valence-electron chi connectivity index (χ2n) is 4.84. The number of carbonyl (C=O) groups is 2. The summed E-state index contributed by atoms with van der Waals surface area (Å²) in [7, 11) is 0. The van der Waals surface area contributed by atoms with Gasteiger partial charge < -0.3 is 15.7 Å². The maximum absolute atomic E-state index is 12.0. The van der Waals surface area contributed by atoms with E-state index in [1.807, 2.05) is 23.8 Å². The van der Waals surface area contributed by atoms with Crippen LogP contribution in [0, 0.1) is 0 Å². The van der Waals surface area contributed by atoms with Crippen molar-refractivity contribution in [2.75, 3.05) is 13.1 Å². The van der Waals surface area contributed by atoms with Crippen molar-refractivity contribution in [1.29, 1.82) is 0 Å². The number of carbonyl (C=O) groups excluding carboxylic acids is 2. The molecule has 2 aromatic rings. The van der Waals surface area contributed by atoms with Gasteiger partial charge in [-0.25, -0.2) is 0 Å². The lowest BCUT2D eigenvalue weighted by Crippen LogP contribution is -2.36. The summed E-state index contributed by atoms with van der Waals surface area (Å²) in [6.07, 6.45) is 0. The summed E-state index contributed by atoms with van der Waals surface area (Å²) in [5.74, 6) is -0.705. The fraction of sp³-hybridized carbons (Fsp3) is 0.250. The lowest BCUT2D eigenvalue weighted by atomic mass is 10.0. The number of hydrogen-bond donors (Lipinski definition) is 3. The van der Waals surface area contributed by atoms with E-state index in [-0.39, 0.29) is 29.0 Å². The number of rotatable bonds is 6. The van der Waals surface area contributed by atoms with Gasteiger partial charge in [0, 0.05) is 13.1 Å². The molecule has 0 aliphatic rings. The summed E-state index contributed by atoms with van der Waals surface area (Å²) in [5, 5.41) is 18.9. The zero-order valence-electron chi connectivity index (χ0n) is 12.2. The molecule has 1 aromatic heterocycles. The van der Waals surface area contributed by atoms with E-state index in [2.05, 4.69) is 10.6 Å². The summed E-state index contributed by atoms with van der Waals surface area (Å²) in [4.78, 5) is 23.8. The van der Waals surface area contributed by atoms with Crippen molar-refractivity contribution in [3.05, 3.63) is 52.2 Å². The Bertz CT molecular complexity index is 641. The molecule has 0 aliphatic carbocycles. The topological polar surface area (TPSA) is 78.4 Å². The van der Waals surface area contributed by atoms with Crippen LogP contribution in [-0.4, -0.2) is 30.0 Å². The van der Waals surface area contributed by atoms with E-state index in [4.69, 9.17) is 0 Å². The third-order valence-corrected chi connectivity index (χ3v) is 4.00. The van der Waals surface area contributed by atoms with Crippen LogP contribution in [0.5, 0.6) is 5.75 Å². The molecule has 0 fully saturated rings. The van der Waals surface area contributed by atoms with Crippen molar-refractivity contribution in [3.8, 4) is 5.75 Å². The van der Waals surface area contributed by atoms with Gasteiger partial charge in [-0.15, -0.1) is 0 Å². The smallest absolute Gasteiger partial charge is 0.255 e. The van der Waals surface area contributed by atoms with Crippen LogP contribution in [-0.2, 0) is 4.79 Å². The molecule has 6 heteroatoms. The zero-order valence-corrected chi connectivity index (χ0v) is 13.0. The Balaban J connectivity index is 1.74. The highest BCUT2D eigenvalue weighted by molar-refractivity contribution is 7.08. The number of phenolic OH excluding ortho intramolecular Hbond substituents is 1. The van der Waals surface area contributed by atoms with Crippen molar-refractivity contribution in [2.45, 2.75) is 12.8 Å². The summed E-state index contributed by atoms with van der Waals surface area (Å²) < 4.78 is 0. The summed E-state index contributed by atoms with van der Waals surface area (Å²) in [5.41, 5.74) is 1.21. The Kier molecular flexibility index (Phi) is 5.55. The number of nitrogens with one attached hydrogen (secondary N) is 2. The second kappa shape index (κ2) is 7.61. The molecular formula is C16H18N2O3S. The quantitative estimate of drug-likeness (QED) is 0.714. The van der Waals surface area contributed by atoms with E-state index < -0.39 is 0 Å². The van der Waals surface area contributed by atoms with Crippen LogP contribution >= 0.6 is 11.3 Å². The maximum Gasteiger partial charge on any atom is 0.255 e. The van der Waals surface area contributed by atoms with E-state index in [1.165, 1.54) is 6.07 Å². The van der Waals surface area contributed by atoms with E-state index in [9.17, 15) is 14.7 Å². The van der Waals surface area contributed by atoms with E-state index >= 15 is 0 Å². The minimum Gasteiger partial charge on any atom is -0.507 e. The molecule has 1 heterocycles. The van der Waals surface area contributed by atoms with Crippen LogP contribution < -0.4 is 10.6 Å². The molecule has 22 heavy (non-hydrogen) atoms. The predicted molar refractivity (Wildman–Crippen MR) is 86.2 cm³/mol. The van der Waals surface area contributed by atoms with Gasteiger partial charge in [-0.3, -0.25) is 9.59 Å². The number of hydrogen-bond acceptors (Lipinski definition) is 4. The summed E-state index contributed by atoms with van der Waals surface area (Å²) in [6.45, 7) is 2.49. The Morgan fingerprint density at radius 1 is 1.18 bits per heavy atom. The first-order valence-corrected chi connectivity index (χ1v) is 7.90. The van der Waals surface area contributed by atoms with Crippen molar-refractivity contribution >= 4 is 23.2 Å². The first-order valence-electron chi connectivity index (χ1n) is 6.95. The van der Waals surface area contributed by atoms with Crippen molar-refractivity contribution in [2.24, 2.45) is 0 Å². The highest BCUT2D eigenvalue weighted by Crippen LogP contribution is 2.18. The third-order valence-electron chi connectivity index (χ3n) is 3.29. The van der Waals surface area contributed by atoms with Crippen LogP contribution in [0.4, 0.5) is 0 Å². The molecule has 0 spiro atoms. The predicted octanol–water partition coefficient (Wildman–Crippen LogP) is 2.10. The van der Waals surface area contributed by atoms with Gasteiger partial charge >= 0.3 is 0 Å². The fourth-order valence-electron chi connectivity index (χ4n) is 1.95. The van der Waals surface area contributed by atoms with Crippen LogP contribution in [0.2, 0.25) is 0 Å². The monoisotopic (exact) mass is 318 g/mol. The van der Waals surface area contributed by atoms with E-state index in [0.717, 1.165) is 5.56 Å². The van der Waals surface area contributed by atoms with Crippen molar-refractivity contribution in [3.63, 3.8) is 0 Å². The van der Waals surface area contributed by atoms with Gasteiger partial charge in [-0.2, -0.15) is 11.3 Å². The maximum atomic E-state index is 12.0. The molecule has 0 saturated heterocycles. The van der Waals surface area contributed by atoms with Crippen LogP contribution in [0.3, 0.4) is 0 Å². The van der Waals surface area contributed by atoms with Gasteiger partial charge in [0.15, 0.2) is 0 Å². The molecule has 3 N–H and O–H groups in total. The molecule has 0 radical (unpaired) electrons. The van der Waals surface area contributed by atoms with Gasteiger partial charge in [-0.05, 0) is 41.4 Å². The summed E-state index contributed by atoms with van der Waals surface area (Å²) >= 11 is 1.56. The molecule has 2 amide bonds. The van der Waals surface area contributed by atoms with Crippen LogP contribution in [0.15, 0.2) is 41.1 Å². The standard InChI is InChI=1S/C16H18N2O3S/c1-11(12-6-9-22-10-12)15(20)17-7-8-18-16(21)13-4-2-3-5-14(13)19/h2-6,9-11,19H,7-8H2,1H3,(H,17,20)(H,18,21)/t11-/m1/s1. The molecule has 0 bridgehead atoms. The first-order chi connectivity index (χ1) is 10.6. The number of benzene rings is 1. The van der Waals surface area contributed by atoms with Crippen molar-refractivity contribution < 1.29 is 14.7 Å². The SMILES string of the molecule is C[C@@H](C(=O)NCCNC(=O)c1ccccc1O)c1ccsc1. The summed E-state index contributed by atoms with van der Waals surface area (Å²) in [6, 6.07) is 8.26. The molecule has 5 nitrogen and oxygen atoms in total. The van der Waals surface area contributed by atoms with Gasteiger partial charge in [-0.1, -0.05) is 12.1 Å². The number of aromatic hydroxyl groups is 1. The lowest BCUT2D eigenvalue weighted by Gasteiger charge is -2.11. The first kappa shape index (κ1) is 16.0. The van der Waals surface area contributed by atoms with E-state index in [1.54, 1.807) is 29.5 Å². The van der Waals surface area contributed by atoms with Gasteiger partial charge in [0.1, 0.15) is 5.75 Å². The van der Waals surface area contributed by atoms with Crippen molar-refractivity contribution in [1.82, 2.24) is 10.6 Å².